The van der Waals surface area contributed by atoms with E-state index in [1.54, 1.807) is 12.1 Å². The van der Waals surface area contributed by atoms with Crippen molar-refractivity contribution in [3.8, 4) is 0 Å². The number of rotatable bonds is 3. The van der Waals surface area contributed by atoms with Crippen LogP contribution in [0.25, 0.3) is 6.08 Å². The molecule has 2 aromatic rings. The van der Waals surface area contributed by atoms with Crippen molar-refractivity contribution in [3.63, 3.8) is 0 Å². The molecule has 0 aromatic heterocycles. The van der Waals surface area contributed by atoms with Crippen molar-refractivity contribution >= 4 is 23.6 Å². The first-order valence-electron chi connectivity index (χ1n) is 8.51. The van der Waals surface area contributed by atoms with Crippen molar-refractivity contribution in [3.05, 3.63) is 77.9 Å². The number of benzene rings is 2. The summed E-state index contributed by atoms with van der Waals surface area (Å²) in [4.78, 5) is 27.4. The van der Waals surface area contributed by atoms with Crippen molar-refractivity contribution in [2.24, 2.45) is 0 Å². The van der Waals surface area contributed by atoms with Gasteiger partial charge in [0.2, 0.25) is 0 Å². The van der Waals surface area contributed by atoms with Crippen molar-refractivity contribution in [2.75, 3.05) is 18.1 Å². The van der Waals surface area contributed by atoms with E-state index in [1.165, 1.54) is 4.90 Å². The second-order valence-electron chi connectivity index (χ2n) is 6.19. The minimum atomic E-state index is -0.269. The Morgan fingerprint density at radius 2 is 1.46 bits per heavy atom. The molecule has 0 spiro atoms. The van der Waals surface area contributed by atoms with Gasteiger partial charge in [0, 0.05) is 38.0 Å². The van der Waals surface area contributed by atoms with Crippen LogP contribution < -0.4 is 4.90 Å². The van der Waals surface area contributed by atoms with Crippen LogP contribution in [-0.2, 0) is 33.4 Å². The number of anilines is 1. The van der Waals surface area contributed by atoms with Gasteiger partial charge < -0.3 is 14.1 Å². The number of hydrogen-bond acceptors (Lipinski definition) is 2. The molecule has 1 radical (unpaired) electrons. The van der Waals surface area contributed by atoms with Gasteiger partial charge in [-0.3, -0.25) is 4.79 Å². The number of para-hydroxylation sites is 1. The molecule has 5 heteroatoms. The number of carbonyl (C=O) groups excluding carboxylic acids is 2. The van der Waals surface area contributed by atoms with Crippen LogP contribution in [0.1, 0.15) is 18.4 Å². The molecule has 0 bridgehead atoms. The number of imide groups is 1. The van der Waals surface area contributed by atoms with Gasteiger partial charge in [0.05, 0.1) is 0 Å². The van der Waals surface area contributed by atoms with Crippen LogP contribution in [0.3, 0.4) is 0 Å². The van der Waals surface area contributed by atoms with E-state index >= 15 is 0 Å². The molecular formula is C21H19NO3Rh. The third-order valence-corrected chi connectivity index (χ3v) is 4.52. The molecule has 2 heterocycles. The molecule has 2 aromatic carbocycles. The van der Waals surface area contributed by atoms with Gasteiger partial charge in [0.15, 0.2) is 12.0 Å². The van der Waals surface area contributed by atoms with Crippen molar-refractivity contribution in [1.29, 1.82) is 0 Å². The van der Waals surface area contributed by atoms with Gasteiger partial charge in [-0.15, -0.1) is 6.08 Å². The van der Waals surface area contributed by atoms with Crippen LogP contribution >= 0.6 is 0 Å². The molecule has 2 saturated heterocycles. The van der Waals surface area contributed by atoms with Crippen LogP contribution in [0.4, 0.5) is 5.69 Å². The SMILES string of the molecule is O=C1/C(=C/c2ccccc2)[C-]([O+]2CCCC2)C(=O)N1c1ccccc1.[Rh]. The predicted molar refractivity (Wildman–Crippen MR) is 96.7 cm³/mol. The van der Waals surface area contributed by atoms with Gasteiger partial charge in [-0.1, -0.05) is 54.1 Å². The summed E-state index contributed by atoms with van der Waals surface area (Å²) in [6.45, 7) is 1.48. The number of amides is 2. The number of carbonyl (C=O) groups is 2. The van der Waals surface area contributed by atoms with Crippen molar-refractivity contribution < 1.29 is 33.4 Å². The van der Waals surface area contributed by atoms with E-state index < -0.39 is 0 Å². The molecule has 2 amide bonds. The molecule has 2 aliphatic rings. The Kier molecular flexibility index (Phi) is 5.70. The molecule has 4 nitrogen and oxygen atoms in total. The molecule has 0 atom stereocenters. The first-order valence-corrected chi connectivity index (χ1v) is 8.51. The molecule has 26 heavy (non-hydrogen) atoms. The summed E-state index contributed by atoms with van der Waals surface area (Å²) in [5.74, 6) is -0.528. The summed E-state index contributed by atoms with van der Waals surface area (Å²) in [6.07, 6.45) is 4.29. The van der Waals surface area contributed by atoms with E-state index in [-0.39, 0.29) is 31.3 Å². The third kappa shape index (κ3) is 3.37. The normalized spacial score (nSPS) is 19.3. The van der Waals surface area contributed by atoms with Gasteiger partial charge in [-0.25, -0.2) is 0 Å². The predicted octanol–water partition coefficient (Wildman–Crippen LogP) is 3.52. The smallest absolute Gasteiger partial charge is 0.274 e. The molecule has 0 saturated carbocycles. The monoisotopic (exact) mass is 436 g/mol. The van der Waals surface area contributed by atoms with Gasteiger partial charge in [-0.05, 0) is 17.7 Å². The van der Waals surface area contributed by atoms with Gasteiger partial charge in [-0.2, -0.15) is 0 Å². The Morgan fingerprint density at radius 1 is 0.885 bits per heavy atom. The molecule has 135 valence electrons. The Hall–Kier alpha value is -2.23. The molecule has 2 aliphatic heterocycles. The van der Waals surface area contributed by atoms with E-state index in [1.807, 2.05) is 54.6 Å². The summed E-state index contributed by atoms with van der Waals surface area (Å²) in [7, 11) is 0. The maximum absolute atomic E-state index is 13.1. The quantitative estimate of drug-likeness (QED) is 0.243. The van der Waals surface area contributed by atoms with Crippen LogP contribution in [0.2, 0.25) is 0 Å². The molecule has 0 N–H and O–H groups in total. The standard InChI is InChI=1S/C21H19NO3.Rh/c23-20-18(15-16-9-3-1-4-10-16)19(25-13-7-8-14-25)21(24)22(20)17-11-5-2-6-12-17;/h1-6,9-12,15H,7-8,13-14H2;/b18-15+;. The van der Waals surface area contributed by atoms with E-state index in [0.29, 0.717) is 17.4 Å². The van der Waals surface area contributed by atoms with Crippen molar-refractivity contribution in [1.82, 2.24) is 0 Å². The first-order chi connectivity index (χ1) is 12.3. The van der Waals surface area contributed by atoms with Crippen LogP contribution in [-0.4, -0.2) is 25.0 Å². The summed E-state index contributed by atoms with van der Waals surface area (Å²) in [5, 5.41) is 0. The maximum atomic E-state index is 13.1. The Labute approximate surface area is 165 Å². The minimum Gasteiger partial charge on any atom is -0.436 e. The summed E-state index contributed by atoms with van der Waals surface area (Å²) >= 11 is 0. The van der Waals surface area contributed by atoms with Crippen molar-refractivity contribution in [2.45, 2.75) is 12.8 Å². The fourth-order valence-electron chi connectivity index (χ4n) is 3.32. The van der Waals surface area contributed by atoms with E-state index in [4.69, 9.17) is 0 Å². The Morgan fingerprint density at radius 3 is 2.08 bits per heavy atom. The van der Waals surface area contributed by atoms with E-state index in [9.17, 15) is 9.59 Å². The zero-order chi connectivity index (χ0) is 17.2. The van der Waals surface area contributed by atoms with Crippen LogP contribution in [0.5, 0.6) is 0 Å². The first kappa shape index (κ1) is 18.6. The van der Waals surface area contributed by atoms with E-state index in [2.05, 4.69) is 4.37 Å². The number of nitrogens with zero attached hydrogens (tertiary/aromatic N) is 1. The van der Waals surface area contributed by atoms with Gasteiger partial charge in [0.1, 0.15) is 13.2 Å². The Bertz CT molecular complexity index is 814. The topological polar surface area (TPSA) is 40.1 Å². The molecular weight excluding hydrogens is 417 g/mol. The molecule has 0 aliphatic carbocycles. The zero-order valence-electron chi connectivity index (χ0n) is 14.2. The van der Waals surface area contributed by atoms with E-state index in [0.717, 1.165) is 31.6 Å². The maximum Gasteiger partial charge on any atom is 0.274 e. The average Bonchev–Trinajstić information content (AvgIpc) is 3.24. The largest absolute Gasteiger partial charge is 0.436 e. The molecule has 2 fully saturated rings. The summed E-state index contributed by atoms with van der Waals surface area (Å²) < 4.78 is 2.98. The van der Waals surface area contributed by atoms with Crippen LogP contribution in [0, 0.1) is 6.10 Å². The zero-order valence-corrected chi connectivity index (χ0v) is 15.8. The summed E-state index contributed by atoms with van der Waals surface area (Å²) in [5.41, 5.74) is 1.96. The van der Waals surface area contributed by atoms with Gasteiger partial charge >= 0.3 is 0 Å². The number of hydrogen-bond donors (Lipinski definition) is 0. The second-order valence-corrected chi connectivity index (χ2v) is 6.19. The average molecular weight is 436 g/mol. The summed E-state index contributed by atoms with van der Waals surface area (Å²) in [6, 6.07) is 18.7. The second kappa shape index (κ2) is 7.98. The molecule has 0 unspecified atom stereocenters. The molecule has 4 rings (SSSR count). The van der Waals surface area contributed by atoms with Gasteiger partial charge in [0.25, 0.3) is 5.91 Å². The minimum absolute atomic E-state index is 0. The van der Waals surface area contributed by atoms with Crippen LogP contribution in [0.15, 0.2) is 66.2 Å². The third-order valence-electron chi connectivity index (χ3n) is 4.52. The fourth-order valence-corrected chi connectivity index (χ4v) is 3.32. The fraction of sp³-hybridized carbons (Fsp3) is 0.190. The Balaban J connectivity index is 0.00000196.